The van der Waals surface area contributed by atoms with Gasteiger partial charge in [-0.3, -0.25) is 0 Å². The topological polar surface area (TPSA) is 77.0 Å². The minimum atomic E-state index is -0.718. The van der Waals surface area contributed by atoms with E-state index in [-0.39, 0.29) is 0 Å². The molecule has 0 bridgehead atoms. The molecule has 0 radical (unpaired) electrons. The first-order valence-electron chi connectivity index (χ1n) is 7.71. The third kappa shape index (κ3) is 2.38. The van der Waals surface area contributed by atoms with E-state index < -0.39 is 5.60 Å². The van der Waals surface area contributed by atoms with Crippen molar-refractivity contribution in [2.45, 2.75) is 61.2 Å². The fraction of sp³-hybridized carbons (Fsp3) is 0.857. The molecule has 1 atom stereocenters. The summed E-state index contributed by atoms with van der Waals surface area (Å²) in [5, 5.41) is 20.4. The summed E-state index contributed by atoms with van der Waals surface area (Å²) in [6.45, 7) is 0.345. The number of thioether (sulfide) groups is 1. The van der Waals surface area contributed by atoms with E-state index in [0.29, 0.717) is 30.2 Å². The molecule has 1 unspecified atom stereocenters. The fourth-order valence-corrected chi connectivity index (χ4v) is 4.05. The largest absolute Gasteiger partial charge is 0.387 e. The average Bonchev–Trinajstić information content (AvgIpc) is 3.30. The average molecular weight is 294 g/mol. The van der Waals surface area contributed by atoms with Crippen LogP contribution in [0, 0.1) is 5.92 Å². The molecule has 5 nitrogen and oxygen atoms in total. The van der Waals surface area contributed by atoms with E-state index in [0.717, 1.165) is 18.0 Å². The second-order valence-electron chi connectivity index (χ2n) is 6.59. The fourth-order valence-electron chi connectivity index (χ4n) is 2.84. The van der Waals surface area contributed by atoms with Crippen molar-refractivity contribution in [3.8, 4) is 0 Å². The first-order valence-corrected chi connectivity index (χ1v) is 8.70. The van der Waals surface area contributed by atoms with Gasteiger partial charge in [-0.1, -0.05) is 11.8 Å². The van der Waals surface area contributed by atoms with Gasteiger partial charge in [-0.15, -0.1) is 10.2 Å². The SMILES string of the molecule is NCC(O)(CSc1nnc(C2CC2)n1C1CC1)C1CC1. The van der Waals surface area contributed by atoms with Crippen molar-refractivity contribution in [3.63, 3.8) is 0 Å². The van der Waals surface area contributed by atoms with Crippen molar-refractivity contribution in [2.24, 2.45) is 11.7 Å². The maximum Gasteiger partial charge on any atom is 0.191 e. The van der Waals surface area contributed by atoms with Crippen LogP contribution >= 0.6 is 11.8 Å². The summed E-state index contributed by atoms with van der Waals surface area (Å²) in [5.74, 6) is 2.84. The van der Waals surface area contributed by atoms with Crippen LogP contribution in [0.1, 0.15) is 56.3 Å². The van der Waals surface area contributed by atoms with Crippen LogP contribution in [0.3, 0.4) is 0 Å². The van der Waals surface area contributed by atoms with Gasteiger partial charge in [-0.05, 0) is 44.4 Å². The van der Waals surface area contributed by atoms with Crippen LogP contribution in [-0.4, -0.2) is 37.8 Å². The molecular formula is C14H22N4OS. The second kappa shape index (κ2) is 4.71. The van der Waals surface area contributed by atoms with Crippen LogP contribution in [0.2, 0.25) is 0 Å². The second-order valence-corrected chi connectivity index (χ2v) is 7.53. The highest BCUT2D eigenvalue weighted by Gasteiger charge is 2.43. The summed E-state index contributed by atoms with van der Waals surface area (Å²) < 4.78 is 2.34. The first-order chi connectivity index (χ1) is 9.71. The van der Waals surface area contributed by atoms with Gasteiger partial charge in [0.25, 0.3) is 0 Å². The van der Waals surface area contributed by atoms with Crippen molar-refractivity contribution in [1.82, 2.24) is 14.8 Å². The van der Waals surface area contributed by atoms with E-state index in [9.17, 15) is 5.11 Å². The van der Waals surface area contributed by atoms with E-state index in [1.54, 1.807) is 11.8 Å². The molecule has 20 heavy (non-hydrogen) atoms. The molecule has 110 valence electrons. The van der Waals surface area contributed by atoms with Gasteiger partial charge in [0.1, 0.15) is 5.82 Å². The number of nitrogens with zero attached hydrogens (tertiary/aromatic N) is 3. The van der Waals surface area contributed by atoms with Gasteiger partial charge in [-0.2, -0.15) is 0 Å². The van der Waals surface area contributed by atoms with Crippen LogP contribution in [0.4, 0.5) is 0 Å². The molecule has 0 aliphatic heterocycles. The Bertz CT molecular complexity index is 507. The monoisotopic (exact) mass is 294 g/mol. The molecule has 3 aliphatic rings. The number of rotatable bonds is 7. The predicted molar refractivity (Wildman–Crippen MR) is 77.7 cm³/mol. The number of aliphatic hydroxyl groups is 1. The minimum Gasteiger partial charge on any atom is -0.387 e. The van der Waals surface area contributed by atoms with Gasteiger partial charge in [0.2, 0.25) is 0 Å². The van der Waals surface area contributed by atoms with Crippen molar-refractivity contribution in [2.75, 3.05) is 12.3 Å². The molecule has 6 heteroatoms. The Morgan fingerprint density at radius 1 is 1.20 bits per heavy atom. The van der Waals surface area contributed by atoms with Crippen LogP contribution in [0.15, 0.2) is 5.16 Å². The highest BCUT2D eigenvalue weighted by molar-refractivity contribution is 7.99. The van der Waals surface area contributed by atoms with E-state index in [1.165, 1.54) is 31.5 Å². The van der Waals surface area contributed by atoms with Gasteiger partial charge >= 0.3 is 0 Å². The highest BCUT2D eigenvalue weighted by atomic mass is 32.2. The van der Waals surface area contributed by atoms with Gasteiger partial charge in [-0.25, -0.2) is 0 Å². The molecule has 0 saturated heterocycles. The number of hydrogen-bond donors (Lipinski definition) is 2. The van der Waals surface area contributed by atoms with E-state index in [2.05, 4.69) is 14.8 Å². The molecule has 1 aromatic heterocycles. The molecular weight excluding hydrogens is 272 g/mol. The lowest BCUT2D eigenvalue weighted by Gasteiger charge is -2.25. The smallest absolute Gasteiger partial charge is 0.191 e. The van der Waals surface area contributed by atoms with Gasteiger partial charge in [0, 0.05) is 24.3 Å². The molecule has 3 fully saturated rings. The zero-order chi connectivity index (χ0) is 13.7. The lowest BCUT2D eigenvalue weighted by molar-refractivity contribution is 0.0509. The van der Waals surface area contributed by atoms with Crippen LogP contribution in [0.25, 0.3) is 0 Å². The molecule has 0 amide bonds. The lowest BCUT2D eigenvalue weighted by atomic mass is 10.0. The lowest BCUT2D eigenvalue weighted by Crippen LogP contribution is -2.42. The van der Waals surface area contributed by atoms with E-state index in [4.69, 9.17) is 5.73 Å². The Hall–Kier alpha value is -0.590. The zero-order valence-electron chi connectivity index (χ0n) is 11.7. The first kappa shape index (κ1) is 13.1. The molecule has 1 heterocycles. The third-order valence-corrected chi connectivity index (χ3v) is 5.87. The standard InChI is InChI=1S/C14H22N4OS/c15-7-14(19,10-3-4-10)8-20-13-17-16-12(9-1-2-9)18(13)11-5-6-11/h9-11,19H,1-8,15H2. The van der Waals surface area contributed by atoms with E-state index in [1.807, 2.05) is 0 Å². The Labute approximate surface area is 123 Å². The Morgan fingerprint density at radius 2 is 1.95 bits per heavy atom. The summed E-state index contributed by atoms with van der Waals surface area (Å²) in [4.78, 5) is 0. The molecule has 1 aromatic rings. The van der Waals surface area contributed by atoms with Crippen molar-refractivity contribution in [3.05, 3.63) is 5.82 Å². The summed E-state index contributed by atoms with van der Waals surface area (Å²) >= 11 is 1.64. The van der Waals surface area contributed by atoms with Crippen molar-refractivity contribution >= 4 is 11.8 Å². The molecule has 4 rings (SSSR count). The van der Waals surface area contributed by atoms with Crippen molar-refractivity contribution in [1.29, 1.82) is 0 Å². The third-order valence-electron chi connectivity index (χ3n) is 4.69. The van der Waals surface area contributed by atoms with Crippen LogP contribution in [-0.2, 0) is 0 Å². The maximum atomic E-state index is 10.6. The molecule has 0 aromatic carbocycles. The van der Waals surface area contributed by atoms with Crippen LogP contribution < -0.4 is 5.73 Å². The summed E-state index contributed by atoms with van der Waals surface area (Å²) in [7, 11) is 0. The zero-order valence-corrected chi connectivity index (χ0v) is 12.5. The Morgan fingerprint density at radius 3 is 2.50 bits per heavy atom. The predicted octanol–water partition coefficient (Wildman–Crippen LogP) is 1.68. The number of hydrogen-bond acceptors (Lipinski definition) is 5. The molecule has 0 spiro atoms. The minimum absolute atomic E-state index is 0.345. The summed E-state index contributed by atoms with van der Waals surface area (Å²) in [6, 6.07) is 0.606. The Balaban J connectivity index is 1.50. The normalized spacial score (nSPS) is 25.7. The highest BCUT2D eigenvalue weighted by Crippen LogP contribution is 2.47. The quantitative estimate of drug-likeness (QED) is 0.748. The molecule has 3 aliphatic carbocycles. The Kier molecular flexibility index (Phi) is 3.09. The number of aromatic nitrogens is 3. The van der Waals surface area contributed by atoms with Gasteiger partial charge in [0.05, 0.1) is 5.60 Å². The van der Waals surface area contributed by atoms with Crippen LogP contribution in [0.5, 0.6) is 0 Å². The summed E-state index contributed by atoms with van der Waals surface area (Å²) in [5.41, 5.74) is 5.06. The van der Waals surface area contributed by atoms with E-state index >= 15 is 0 Å². The molecule has 3 N–H and O–H groups in total. The van der Waals surface area contributed by atoms with Gasteiger partial charge in [0.15, 0.2) is 5.16 Å². The molecule has 3 saturated carbocycles. The number of nitrogens with two attached hydrogens (primary N) is 1. The summed E-state index contributed by atoms with van der Waals surface area (Å²) in [6.07, 6.45) is 7.21. The van der Waals surface area contributed by atoms with Crippen molar-refractivity contribution < 1.29 is 5.11 Å². The maximum absolute atomic E-state index is 10.6. The van der Waals surface area contributed by atoms with Gasteiger partial charge < -0.3 is 15.4 Å².